The fourth-order valence-electron chi connectivity index (χ4n) is 1.38. The van der Waals surface area contributed by atoms with Crippen molar-refractivity contribution in [2.24, 2.45) is 0 Å². The van der Waals surface area contributed by atoms with Gasteiger partial charge in [-0.15, -0.1) is 0 Å². The predicted molar refractivity (Wildman–Crippen MR) is 46.6 cm³/mol. The Morgan fingerprint density at radius 3 is 3.08 bits per heavy atom. The van der Waals surface area contributed by atoms with Crippen molar-refractivity contribution in [3.63, 3.8) is 0 Å². The molecule has 2 rings (SSSR count). The Morgan fingerprint density at radius 1 is 1.46 bits per heavy atom. The van der Waals surface area contributed by atoms with E-state index in [-0.39, 0.29) is 5.69 Å². The lowest BCUT2D eigenvalue weighted by molar-refractivity contribution is -0.386. The first-order valence-corrected chi connectivity index (χ1v) is 4.02. The summed E-state index contributed by atoms with van der Waals surface area (Å²) < 4.78 is 5.24. The minimum absolute atomic E-state index is 0.0495. The standard InChI is InChI=1S/C9H8NO3/c11-10(12)8-5-1-3-7-4-2-6-13-9(7)8/h1,3-5H,2,6H2. The zero-order valence-electron chi connectivity index (χ0n) is 6.90. The molecule has 0 unspecified atom stereocenters. The normalized spacial score (nSPS) is 14.5. The largest absolute Gasteiger partial charge is 0.487 e. The molecule has 1 aromatic rings. The Hall–Kier alpha value is -1.58. The molecule has 0 bridgehead atoms. The van der Waals surface area contributed by atoms with Gasteiger partial charge in [0.1, 0.15) is 0 Å². The molecule has 0 saturated heterocycles. The molecule has 0 aliphatic carbocycles. The van der Waals surface area contributed by atoms with Crippen LogP contribution >= 0.6 is 0 Å². The Morgan fingerprint density at radius 2 is 2.31 bits per heavy atom. The summed E-state index contributed by atoms with van der Waals surface area (Å²) in [7, 11) is 0. The minimum atomic E-state index is -0.419. The molecule has 1 aliphatic rings. The molecular formula is C9H8NO3. The molecule has 4 heteroatoms. The van der Waals surface area contributed by atoms with Crippen LogP contribution in [-0.4, -0.2) is 11.5 Å². The van der Waals surface area contributed by atoms with Gasteiger partial charge >= 0.3 is 5.69 Å². The average molecular weight is 178 g/mol. The van der Waals surface area contributed by atoms with Crippen LogP contribution < -0.4 is 4.74 Å². The van der Waals surface area contributed by atoms with E-state index in [0.29, 0.717) is 12.4 Å². The van der Waals surface area contributed by atoms with Crippen molar-refractivity contribution in [3.05, 3.63) is 40.3 Å². The van der Waals surface area contributed by atoms with Crippen LogP contribution in [0.5, 0.6) is 5.75 Å². The minimum Gasteiger partial charge on any atom is -0.487 e. The van der Waals surface area contributed by atoms with E-state index >= 15 is 0 Å². The highest BCUT2D eigenvalue weighted by atomic mass is 16.6. The summed E-state index contributed by atoms with van der Waals surface area (Å²) in [5, 5.41) is 10.6. The van der Waals surface area contributed by atoms with E-state index < -0.39 is 4.92 Å². The number of fused-ring (bicyclic) bond motifs is 1. The van der Waals surface area contributed by atoms with Gasteiger partial charge in [0.05, 0.1) is 11.5 Å². The molecule has 0 atom stereocenters. The van der Waals surface area contributed by atoms with Gasteiger partial charge in [0, 0.05) is 11.6 Å². The first kappa shape index (κ1) is 8.04. The molecule has 0 amide bonds. The highest BCUT2D eigenvalue weighted by Gasteiger charge is 2.21. The number of nitro groups is 1. The van der Waals surface area contributed by atoms with Crippen molar-refractivity contribution in [2.75, 3.05) is 6.61 Å². The smallest absolute Gasteiger partial charge is 0.311 e. The molecule has 1 radical (unpaired) electrons. The highest BCUT2D eigenvalue weighted by Crippen LogP contribution is 2.34. The fourth-order valence-corrected chi connectivity index (χ4v) is 1.38. The lowest BCUT2D eigenvalue weighted by Gasteiger charge is -2.15. The Labute approximate surface area is 75.3 Å². The van der Waals surface area contributed by atoms with Gasteiger partial charge in [0.2, 0.25) is 5.75 Å². The zero-order valence-corrected chi connectivity index (χ0v) is 6.90. The first-order chi connectivity index (χ1) is 6.29. The molecular weight excluding hydrogens is 170 g/mol. The number of nitro benzene ring substituents is 1. The number of hydrogen-bond acceptors (Lipinski definition) is 3. The predicted octanol–water partition coefficient (Wildman–Crippen LogP) is 1.93. The molecule has 1 aliphatic heterocycles. The van der Waals surface area contributed by atoms with Crippen LogP contribution in [0.2, 0.25) is 0 Å². The van der Waals surface area contributed by atoms with Crippen molar-refractivity contribution in [3.8, 4) is 5.75 Å². The van der Waals surface area contributed by atoms with Gasteiger partial charge in [-0.05, 0) is 12.8 Å². The second-order valence-corrected chi connectivity index (χ2v) is 2.79. The van der Waals surface area contributed by atoms with Crippen molar-refractivity contribution >= 4 is 5.69 Å². The Balaban J connectivity index is 2.52. The number of para-hydroxylation sites is 1. The number of ether oxygens (including phenoxy) is 1. The van der Waals surface area contributed by atoms with E-state index in [2.05, 4.69) is 0 Å². The highest BCUT2D eigenvalue weighted by molar-refractivity contribution is 5.55. The average Bonchev–Trinajstić information content (AvgIpc) is 2.17. The summed E-state index contributed by atoms with van der Waals surface area (Å²) in [5.74, 6) is 0.402. The topological polar surface area (TPSA) is 52.4 Å². The van der Waals surface area contributed by atoms with E-state index in [4.69, 9.17) is 4.74 Å². The maximum absolute atomic E-state index is 10.6. The summed E-state index contributed by atoms with van der Waals surface area (Å²) in [6, 6.07) is 4.95. The van der Waals surface area contributed by atoms with E-state index in [1.165, 1.54) is 6.07 Å². The molecule has 0 fully saturated rings. The van der Waals surface area contributed by atoms with Crippen molar-refractivity contribution < 1.29 is 9.66 Å². The second-order valence-electron chi connectivity index (χ2n) is 2.79. The summed E-state index contributed by atoms with van der Waals surface area (Å²) in [4.78, 5) is 10.2. The van der Waals surface area contributed by atoms with Crippen LogP contribution in [0.3, 0.4) is 0 Å². The van der Waals surface area contributed by atoms with Crippen LogP contribution in [0.4, 0.5) is 5.69 Å². The summed E-state index contributed by atoms with van der Waals surface area (Å²) >= 11 is 0. The van der Waals surface area contributed by atoms with Crippen LogP contribution in [0.15, 0.2) is 18.2 Å². The van der Waals surface area contributed by atoms with E-state index in [1.54, 1.807) is 6.07 Å². The van der Waals surface area contributed by atoms with Crippen LogP contribution in [-0.2, 0) is 0 Å². The zero-order chi connectivity index (χ0) is 9.26. The Bertz CT molecular complexity index is 349. The van der Waals surface area contributed by atoms with Gasteiger partial charge < -0.3 is 4.74 Å². The third-order valence-electron chi connectivity index (χ3n) is 1.95. The number of rotatable bonds is 1. The van der Waals surface area contributed by atoms with Crippen molar-refractivity contribution in [1.29, 1.82) is 0 Å². The SMILES string of the molecule is O=[N+]([O-])c1cccc2c1OCC[CH]2. The van der Waals surface area contributed by atoms with E-state index in [9.17, 15) is 10.1 Å². The fraction of sp³-hybridized carbons (Fsp3) is 0.222. The quantitative estimate of drug-likeness (QED) is 0.487. The monoisotopic (exact) mass is 178 g/mol. The van der Waals surface area contributed by atoms with Crippen LogP contribution in [0.25, 0.3) is 0 Å². The van der Waals surface area contributed by atoms with Crippen LogP contribution in [0, 0.1) is 16.5 Å². The van der Waals surface area contributed by atoms with Gasteiger partial charge in [-0.2, -0.15) is 0 Å². The van der Waals surface area contributed by atoms with Crippen molar-refractivity contribution in [2.45, 2.75) is 6.42 Å². The molecule has 1 aromatic carbocycles. The third kappa shape index (κ3) is 1.35. The lowest BCUT2D eigenvalue weighted by atomic mass is 10.1. The molecule has 0 aromatic heterocycles. The van der Waals surface area contributed by atoms with Gasteiger partial charge in [0.15, 0.2) is 0 Å². The number of hydrogen-bond donors (Lipinski definition) is 0. The second kappa shape index (κ2) is 3.05. The molecule has 4 nitrogen and oxygen atoms in total. The summed E-state index contributed by atoms with van der Waals surface area (Å²) in [6.07, 6.45) is 2.76. The summed E-state index contributed by atoms with van der Waals surface area (Å²) in [5.41, 5.74) is 0.869. The molecule has 0 saturated carbocycles. The van der Waals surface area contributed by atoms with Gasteiger partial charge in [-0.25, -0.2) is 0 Å². The van der Waals surface area contributed by atoms with E-state index in [0.717, 1.165) is 12.0 Å². The molecule has 0 spiro atoms. The van der Waals surface area contributed by atoms with Gasteiger partial charge in [-0.3, -0.25) is 10.1 Å². The Kier molecular flexibility index (Phi) is 1.88. The lowest BCUT2D eigenvalue weighted by Crippen LogP contribution is -2.08. The number of nitrogens with zero attached hydrogens (tertiary/aromatic N) is 1. The molecule has 0 N–H and O–H groups in total. The van der Waals surface area contributed by atoms with Crippen molar-refractivity contribution in [1.82, 2.24) is 0 Å². The molecule has 13 heavy (non-hydrogen) atoms. The summed E-state index contributed by atoms with van der Waals surface area (Å²) in [6.45, 7) is 0.526. The first-order valence-electron chi connectivity index (χ1n) is 4.02. The van der Waals surface area contributed by atoms with Crippen LogP contribution in [0.1, 0.15) is 12.0 Å². The maximum atomic E-state index is 10.6. The number of benzene rings is 1. The molecule has 67 valence electrons. The maximum Gasteiger partial charge on any atom is 0.311 e. The van der Waals surface area contributed by atoms with Gasteiger partial charge in [-0.1, -0.05) is 12.1 Å². The van der Waals surface area contributed by atoms with Gasteiger partial charge in [0.25, 0.3) is 0 Å². The third-order valence-corrected chi connectivity index (χ3v) is 1.95. The molecule has 1 heterocycles. The van der Waals surface area contributed by atoms with E-state index in [1.807, 2.05) is 12.5 Å².